The van der Waals surface area contributed by atoms with Crippen LogP contribution < -0.4 is 9.47 Å². The molecule has 1 aliphatic carbocycles. The second-order valence-electron chi connectivity index (χ2n) is 8.97. The van der Waals surface area contributed by atoms with Crippen LogP contribution in [0.15, 0.2) is 83.6 Å². The quantitative estimate of drug-likeness (QED) is 0.396. The zero-order chi connectivity index (χ0) is 24.9. The Hall–Kier alpha value is -3.93. The second kappa shape index (κ2) is 10.8. The van der Waals surface area contributed by atoms with Crippen LogP contribution in [0, 0.1) is 5.92 Å². The van der Waals surface area contributed by atoms with Gasteiger partial charge in [0.05, 0.1) is 25.0 Å². The fourth-order valence-corrected chi connectivity index (χ4v) is 5.06. The van der Waals surface area contributed by atoms with Crippen molar-refractivity contribution in [2.75, 3.05) is 13.2 Å². The first-order valence-electron chi connectivity index (χ1n) is 12.7. The molecule has 2 heterocycles. The summed E-state index contributed by atoms with van der Waals surface area (Å²) in [5.41, 5.74) is 4.73. The van der Waals surface area contributed by atoms with Crippen LogP contribution in [0.25, 0.3) is 6.08 Å². The molecule has 1 saturated carbocycles. The number of pyridine rings is 1. The molecule has 6 nitrogen and oxygen atoms in total. The van der Waals surface area contributed by atoms with Crippen molar-refractivity contribution in [2.45, 2.75) is 39.2 Å². The second-order valence-corrected chi connectivity index (χ2v) is 8.97. The summed E-state index contributed by atoms with van der Waals surface area (Å²) >= 11 is 0. The number of ether oxygens (including phenoxy) is 2. The molecular formula is C30H31N3O3. The molecule has 1 aromatic heterocycles. The van der Waals surface area contributed by atoms with Gasteiger partial charge in [-0.15, -0.1) is 0 Å². The van der Waals surface area contributed by atoms with Gasteiger partial charge in [0.1, 0.15) is 17.2 Å². The summed E-state index contributed by atoms with van der Waals surface area (Å²) in [6.45, 7) is 5.21. The molecular weight excluding hydrogens is 450 g/mol. The fraction of sp³-hybridized carbons (Fsp3) is 0.300. The maximum Gasteiger partial charge on any atom is 0.293 e. The molecule has 36 heavy (non-hydrogen) atoms. The van der Waals surface area contributed by atoms with Crippen LogP contribution in [-0.2, 0) is 0 Å². The predicted molar refractivity (Wildman–Crippen MR) is 141 cm³/mol. The van der Waals surface area contributed by atoms with E-state index in [2.05, 4.69) is 35.3 Å². The predicted octanol–water partition coefficient (Wildman–Crippen LogP) is 6.32. The van der Waals surface area contributed by atoms with E-state index in [-0.39, 0.29) is 17.9 Å². The third-order valence-electron chi connectivity index (χ3n) is 6.66. The smallest absolute Gasteiger partial charge is 0.293 e. The van der Waals surface area contributed by atoms with Gasteiger partial charge < -0.3 is 9.47 Å². The number of carbonyl (C=O) groups excluding carboxylic acids is 1. The number of hydrogen-bond donors (Lipinski definition) is 0. The molecule has 0 saturated heterocycles. The van der Waals surface area contributed by atoms with Crippen LogP contribution in [0.5, 0.6) is 11.5 Å². The summed E-state index contributed by atoms with van der Waals surface area (Å²) in [5.74, 6) is 1.62. The Morgan fingerprint density at radius 3 is 2.31 bits per heavy atom. The molecule has 2 aliphatic rings. The molecule has 1 fully saturated rings. The molecule has 0 bridgehead atoms. The molecule has 0 N–H and O–H groups in total. The van der Waals surface area contributed by atoms with E-state index in [1.165, 1.54) is 5.57 Å². The highest BCUT2D eigenvalue weighted by atomic mass is 16.5. The van der Waals surface area contributed by atoms with E-state index < -0.39 is 0 Å². The van der Waals surface area contributed by atoms with Gasteiger partial charge >= 0.3 is 0 Å². The van der Waals surface area contributed by atoms with E-state index in [1.54, 1.807) is 17.3 Å². The Kier molecular flexibility index (Phi) is 7.12. The van der Waals surface area contributed by atoms with E-state index in [0.29, 0.717) is 18.9 Å². The molecule has 184 valence electrons. The van der Waals surface area contributed by atoms with Crippen LogP contribution in [0.4, 0.5) is 0 Å². The lowest BCUT2D eigenvalue weighted by Crippen LogP contribution is -2.32. The zero-order valence-corrected chi connectivity index (χ0v) is 20.8. The Balaban J connectivity index is 1.51. The third kappa shape index (κ3) is 4.89. The molecule has 2 unspecified atom stereocenters. The van der Waals surface area contributed by atoms with Crippen molar-refractivity contribution in [3.63, 3.8) is 0 Å². The summed E-state index contributed by atoms with van der Waals surface area (Å²) in [4.78, 5) is 17.9. The van der Waals surface area contributed by atoms with Crippen molar-refractivity contribution in [1.82, 2.24) is 9.99 Å². The Morgan fingerprint density at radius 2 is 1.67 bits per heavy atom. The molecule has 6 heteroatoms. The molecule has 0 spiro atoms. The van der Waals surface area contributed by atoms with Gasteiger partial charge in [0, 0.05) is 12.1 Å². The first-order chi connectivity index (χ1) is 17.7. The third-order valence-corrected chi connectivity index (χ3v) is 6.66. The van der Waals surface area contributed by atoms with Crippen LogP contribution in [0.2, 0.25) is 0 Å². The van der Waals surface area contributed by atoms with Gasteiger partial charge in [0.2, 0.25) is 0 Å². The number of rotatable bonds is 7. The maximum atomic E-state index is 13.6. The lowest BCUT2D eigenvalue weighted by molar-refractivity contribution is 0.0675. The number of fused-ring (bicyclic) bond motifs is 1. The van der Waals surface area contributed by atoms with Crippen molar-refractivity contribution in [2.24, 2.45) is 11.0 Å². The molecule has 5 rings (SSSR count). The van der Waals surface area contributed by atoms with Crippen LogP contribution in [-0.4, -0.2) is 34.8 Å². The molecule has 1 amide bonds. The molecule has 1 aliphatic heterocycles. The first kappa shape index (κ1) is 23.8. The number of hydrogen-bond acceptors (Lipinski definition) is 5. The SMILES string of the molecule is CCOc1ccc(/C=C2\CCCC3C2=NN(C(=O)c2ccccn2)C3c2ccc(OCC)cc2)cc1. The van der Waals surface area contributed by atoms with E-state index in [9.17, 15) is 4.79 Å². The van der Waals surface area contributed by atoms with Gasteiger partial charge in [0.25, 0.3) is 5.91 Å². The summed E-state index contributed by atoms with van der Waals surface area (Å²) < 4.78 is 11.2. The van der Waals surface area contributed by atoms with Gasteiger partial charge in [-0.3, -0.25) is 9.78 Å². The van der Waals surface area contributed by atoms with Gasteiger partial charge in [-0.25, -0.2) is 5.01 Å². The Labute approximate surface area is 212 Å². The van der Waals surface area contributed by atoms with Gasteiger partial charge in [-0.1, -0.05) is 30.3 Å². The highest BCUT2D eigenvalue weighted by Crippen LogP contribution is 2.45. The van der Waals surface area contributed by atoms with Crippen molar-refractivity contribution in [3.05, 3.63) is 95.3 Å². The highest BCUT2D eigenvalue weighted by Gasteiger charge is 2.44. The fourth-order valence-electron chi connectivity index (χ4n) is 5.06. The minimum atomic E-state index is -0.186. The van der Waals surface area contributed by atoms with Crippen molar-refractivity contribution < 1.29 is 14.3 Å². The van der Waals surface area contributed by atoms with Crippen LogP contribution >= 0.6 is 0 Å². The average Bonchev–Trinajstić information content (AvgIpc) is 3.31. The van der Waals surface area contributed by atoms with E-state index in [0.717, 1.165) is 47.6 Å². The van der Waals surface area contributed by atoms with Crippen molar-refractivity contribution in [3.8, 4) is 11.5 Å². The van der Waals surface area contributed by atoms with Gasteiger partial charge in [-0.2, -0.15) is 5.10 Å². The number of hydrazone groups is 1. The molecule has 2 aromatic carbocycles. The lowest BCUT2D eigenvalue weighted by atomic mass is 9.77. The summed E-state index contributed by atoms with van der Waals surface area (Å²) in [6, 6.07) is 21.4. The zero-order valence-electron chi connectivity index (χ0n) is 20.8. The maximum absolute atomic E-state index is 13.6. The summed E-state index contributed by atoms with van der Waals surface area (Å²) in [6.07, 6.45) is 6.80. The molecule has 0 radical (unpaired) electrons. The standard InChI is InChI=1S/C30H31N3O3/c1-3-35-24-15-11-21(12-16-24)20-23-8-7-9-26-28(23)32-33(30(34)27-10-5-6-19-31-27)29(26)22-13-17-25(18-14-22)36-4-2/h5-6,10-20,26,29H,3-4,7-9H2,1-2H3/b23-20+. The number of nitrogens with zero attached hydrogens (tertiary/aromatic N) is 3. The minimum absolute atomic E-state index is 0.123. The molecule has 2 atom stereocenters. The number of allylic oxidation sites excluding steroid dienone is 1. The van der Waals surface area contributed by atoms with Gasteiger partial charge in [-0.05, 0) is 92.3 Å². The van der Waals surface area contributed by atoms with E-state index >= 15 is 0 Å². The number of amides is 1. The molecule has 3 aromatic rings. The highest BCUT2D eigenvalue weighted by molar-refractivity contribution is 6.09. The number of carbonyl (C=O) groups is 1. The van der Waals surface area contributed by atoms with E-state index in [4.69, 9.17) is 14.6 Å². The summed E-state index contributed by atoms with van der Waals surface area (Å²) in [5, 5.41) is 6.61. The first-order valence-corrected chi connectivity index (χ1v) is 12.7. The van der Waals surface area contributed by atoms with Crippen molar-refractivity contribution in [1.29, 1.82) is 0 Å². The van der Waals surface area contributed by atoms with Crippen LogP contribution in [0.3, 0.4) is 0 Å². The van der Waals surface area contributed by atoms with Gasteiger partial charge in [0.15, 0.2) is 0 Å². The van der Waals surface area contributed by atoms with Crippen molar-refractivity contribution >= 4 is 17.7 Å². The Morgan fingerprint density at radius 1 is 0.972 bits per heavy atom. The largest absolute Gasteiger partial charge is 0.494 e. The monoisotopic (exact) mass is 481 g/mol. The Bertz CT molecular complexity index is 1250. The number of aromatic nitrogens is 1. The summed E-state index contributed by atoms with van der Waals surface area (Å²) in [7, 11) is 0. The normalized spacial score (nSPS) is 20.1. The topological polar surface area (TPSA) is 64.0 Å². The van der Waals surface area contributed by atoms with E-state index in [1.807, 2.05) is 50.2 Å². The lowest BCUT2D eigenvalue weighted by Gasteiger charge is -2.29. The van der Waals surface area contributed by atoms with Crippen LogP contribution in [0.1, 0.15) is 60.8 Å². The number of benzene rings is 2. The minimum Gasteiger partial charge on any atom is -0.494 e. The average molecular weight is 482 g/mol.